The Morgan fingerprint density at radius 1 is 1.34 bits per heavy atom. The lowest BCUT2D eigenvalue weighted by atomic mass is 9.87. The summed E-state index contributed by atoms with van der Waals surface area (Å²) in [4.78, 5) is 31.9. The summed E-state index contributed by atoms with van der Waals surface area (Å²) in [5.74, 6) is 1.56. The lowest BCUT2D eigenvalue weighted by Crippen LogP contribution is -2.44. The van der Waals surface area contributed by atoms with E-state index in [1.807, 2.05) is 6.92 Å². The second-order valence-corrected chi connectivity index (χ2v) is 8.18. The van der Waals surface area contributed by atoms with Gasteiger partial charge in [-0.05, 0) is 50.2 Å². The van der Waals surface area contributed by atoms with Crippen molar-refractivity contribution in [1.29, 1.82) is 5.41 Å². The predicted molar refractivity (Wildman–Crippen MR) is 123 cm³/mol. The number of anilines is 2. The van der Waals surface area contributed by atoms with Crippen molar-refractivity contribution in [2.24, 2.45) is 16.6 Å². The van der Waals surface area contributed by atoms with Gasteiger partial charge in [0, 0.05) is 25.4 Å². The van der Waals surface area contributed by atoms with Crippen molar-refractivity contribution in [2.75, 3.05) is 30.4 Å². The quantitative estimate of drug-likeness (QED) is 0.481. The lowest BCUT2D eigenvalue weighted by Gasteiger charge is -2.34. The molecule has 2 aromatic rings. The molecule has 2 aliphatic rings. The second kappa shape index (κ2) is 9.39. The van der Waals surface area contributed by atoms with E-state index in [2.05, 4.69) is 20.3 Å². The van der Waals surface area contributed by atoms with Crippen LogP contribution in [0.4, 0.5) is 11.6 Å². The Hall–Kier alpha value is -3.40. The summed E-state index contributed by atoms with van der Waals surface area (Å²) in [6.45, 7) is 2.76. The SMILES string of the molecule is CO[C@H]1CC[C@@H](CN2C(=O)CNc3ncc(-c4cnc(C(=N)/N=C\N)cc4C)nc32)CC1. The van der Waals surface area contributed by atoms with Crippen LogP contribution >= 0.6 is 0 Å². The molecule has 1 amide bonds. The number of amides is 1. The van der Waals surface area contributed by atoms with Gasteiger partial charge in [0.2, 0.25) is 5.91 Å². The average Bonchev–Trinajstić information content (AvgIpc) is 2.81. The first-order chi connectivity index (χ1) is 15.5. The number of rotatable bonds is 5. The van der Waals surface area contributed by atoms with Crippen molar-refractivity contribution in [1.82, 2.24) is 15.0 Å². The van der Waals surface area contributed by atoms with Crippen molar-refractivity contribution >= 4 is 29.7 Å². The van der Waals surface area contributed by atoms with Gasteiger partial charge in [0.05, 0.1) is 30.9 Å². The molecule has 1 saturated carbocycles. The number of methoxy groups -OCH3 is 1. The maximum absolute atomic E-state index is 12.8. The Morgan fingerprint density at radius 2 is 2.12 bits per heavy atom. The minimum Gasteiger partial charge on any atom is -0.390 e. The monoisotopic (exact) mass is 436 g/mol. The van der Waals surface area contributed by atoms with E-state index in [4.69, 9.17) is 20.9 Å². The zero-order valence-corrected chi connectivity index (χ0v) is 18.3. The highest BCUT2D eigenvalue weighted by atomic mass is 16.5. The molecule has 2 aromatic heterocycles. The summed E-state index contributed by atoms with van der Waals surface area (Å²) in [7, 11) is 1.76. The van der Waals surface area contributed by atoms with Crippen molar-refractivity contribution in [3.8, 4) is 11.3 Å². The topological polar surface area (TPSA) is 142 Å². The minimum absolute atomic E-state index is 0.00361. The molecular weight excluding hydrogens is 408 g/mol. The number of amidine groups is 1. The van der Waals surface area contributed by atoms with Crippen molar-refractivity contribution in [3.63, 3.8) is 0 Å². The van der Waals surface area contributed by atoms with Gasteiger partial charge in [0.25, 0.3) is 0 Å². The minimum atomic E-state index is -0.0113. The number of nitrogens with one attached hydrogen (secondary N) is 2. The molecule has 10 nitrogen and oxygen atoms in total. The molecule has 4 rings (SSSR count). The molecule has 4 N–H and O–H groups in total. The number of fused-ring (bicyclic) bond motifs is 1. The van der Waals surface area contributed by atoms with Crippen LogP contribution in [-0.4, -0.2) is 59.3 Å². The van der Waals surface area contributed by atoms with Crippen molar-refractivity contribution in [2.45, 2.75) is 38.7 Å². The van der Waals surface area contributed by atoms with Gasteiger partial charge in [0.15, 0.2) is 17.5 Å². The Labute approximate surface area is 186 Å². The summed E-state index contributed by atoms with van der Waals surface area (Å²) in [5.41, 5.74) is 7.98. The maximum Gasteiger partial charge on any atom is 0.247 e. The van der Waals surface area contributed by atoms with Gasteiger partial charge in [-0.2, -0.15) is 0 Å². The Balaban J connectivity index is 1.60. The Bertz CT molecular complexity index is 1050. The highest BCUT2D eigenvalue weighted by Gasteiger charge is 2.31. The molecular formula is C22H28N8O2. The average molecular weight is 437 g/mol. The molecule has 1 aliphatic carbocycles. The summed E-state index contributed by atoms with van der Waals surface area (Å²) in [5, 5.41) is 11.0. The predicted octanol–water partition coefficient (Wildman–Crippen LogP) is 2.12. The second-order valence-electron chi connectivity index (χ2n) is 8.18. The first kappa shape index (κ1) is 21.8. The summed E-state index contributed by atoms with van der Waals surface area (Å²) in [6.07, 6.45) is 8.80. The van der Waals surface area contributed by atoms with Crippen LogP contribution in [0, 0.1) is 18.3 Å². The van der Waals surface area contributed by atoms with E-state index in [1.54, 1.807) is 30.5 Å². The van der Waals surface area contributed by atoms with E-state index in [-0.39, 0.29) is 18.3 Å². The molecule has 168 valence electrons. The largest absolute Gasteiger partial charge is 0.390 e. The Morgan fingerprint density at radius 3 is 2.81 bits per heavy atom. The third-order valence-corrected chi connectivity index (χ3v) is 6.12. The van der Waals surface area contributed by atoms with Gasteiger partial charge in [-0.25, -0.2) is 15.0 Å². The zero-order chi connectivity index (χ0) is 22.7. The van der Waals surface area contributed by atoms with Crippen LogP contribution in [0.3, 0.4) is 0 Å². The smallest absolute Gasteiger partial charge is 0.247 e. The van der Waals surface area contributed by atoms with Crippen LogP contribution in [0.5, 0.6) is 0 Å². The highest BCUT2D eigenvalue weighted by Crippen LogP contribution is 2.33. The van der Waals surface area contributed by atoms with E-state index in [0.29, 0.717) is 41.6 Å². The molecule has 0 atom stereocenters. The number of hydrogen-bond donors (Lipinski definition) is 3. The molecule has 0 bridgehead atoms. The van der Waals surface area contributed by atoms with Crippen LogP contribution in [0.25, 0.3) is 11.3 Å². The first-order valence-electron chi connectivity index (χ1n) is 10.7. The van der Waals surface area contributed by atoms with Gasteiger partial charge in [-0.15, -0.1) is 0 Å². The number of aryl methyl sites for hydroxylation is 1. The number of ether oxygens (including phenoxy) is 1. The van der Waals surface area contributed by atoms with E-state index < -0.39 is 0 Å². The molecule has 0 saturated heterocycles. The summed E-state index contributed by atoms with van der Waals surface area (Å²) < 4.78 is 5.47. The molecule has 0 aromatic carbocycles. The number of aromatic nitrogens is 3. The fourth-order valence-corrected chi connectivity index (χ4v) is 4.29. The lowest BCUT2D eigenvalue weighted by molar-refractivity contribution is -0.117. The van der Waals surface area contributed by atoms with Crippen molar-refractivity contribution < 1.29 is 9.53 Å². The van der Waals surface area contributed by atoms with Crippen LogP contribution in [-0.2, 0) is 9.53 Å². The number of pyridine rings is 1. The van der Waals surface area contributed by atoms with Gasteiger partial charge in [0.1, 0.15) is 5.69 Å². The summed E-state index contributed by atoms with van der Waals surface area (Å²) in [6, 6.07) is 1.77. The van der Waals surface area contributed by atoms with Gasteiger partial charge < -0.3 is 15.8 Å². The standard InChI is InChI=1S/C22H28N8O2/c1-13-7-17(20(24)28-12-23)25-8-16(13)18-9-26-21-22(29-18)30(19(31)10-27-21)11-14-3-5-15(32-2)6-4-14/h7-9,12,14-15H,3-6,10-11H2,1-2H3,(H,26,27)(H3,23,24,28)/t14-,15+. The van der Waals surface area contributed by atoms with E-state index in [1.165, 1.54) is 0 Å². The number of carbonyl (C=O) groups is 1. The highest BCUT2D eigenvalue weighted by molar-refractivity contribution is 6.01. The van der Waals surface area contributed by atoms with E-state index in [9.17, 15) is 4.79 Å². The normalized spacial score (nSPS) is 20.8. The van der Waals surface area contributed by atoms with E-state index in [0.717, 1.165) is 43.1 Å². The van der Waals surface area contributed by atoms with E-state index >= 15 is 0 Å². The molecule has 3 heterocycles. The third-order valence-electron chi connectivity index (χ3n) is 6.12. The molecule has 1 aliphatic heterocycles. The number of carbonyl (C=O) groups excluding carboxylic acids is 1. The fraction of sp³-hybridized carbons (Fsp3) is 0.455. The molecule has 0 radical (unpaired) electrons. The number of hydrogen-bond acceptors (Lipinski definition) is 7. The van der Waals surface area contributed by atoms with Crippen LogP contribution < -0.4 is 16.0 Å². The Kier molecular flexibility index (Phi) is 6.40. The zero-order valence-electron chi connectivity index (χ0n) is 18.3. The third kappa shape index (κ3) is 4.45. The van der Waals surface area contributed by atoms with Gasteiger partial charge in [-0.3, -0.25) is 20.1 Å². The number of nitrogens with two attached hydrogens (primary N) is 1. The fourth-order valence-electron chi connectivity index (χ4n) is 4.29. The summed E-state index contributed by atoms with van der Waals surface area (Å²) >= 11 is 0. The van der Waals surface area contributed by atoms with Crippen LogP contribution in [0.1, 0.15) is 36.9 Å². The van der Waals surface area contributed by atoms with Gasteiger partial charge >= 0.3 is 0 Å². The van der Waals surface area contributed by atoms with Crippen LogP contribution in [0.15, 0.2) is 23.5 Å². The number of nitrogens with zero attached hydrogens (tertiary/aromatic N) is 5. The van der Waals surface area contributed by atoms with Crippen molar-refractivity contribution in [3.05, 3.63) is 29.7 Å². The molecule has 32 heavy (non-hydrogen) atoms. The van der Waals surface area contributed by atoms with Crippen LogP contribution in [0.2, 0.25) is 0 Å². The molecule has 10 heteroatoms. The van der Waals surface area contributed by atoms with Gasteiger partial charge in [-0.1, -0.05) is 0 Å². The molecule has 0 unspecified atom stereocenters. The molecule has 1 fully saturated rings. The first-order valence-corrected chi connectivity index (χ1v) is 10.7. The number of aliphatic imine (C=N–C) groups is 1. The molecule has 0 spiro atoms. The maximum atomic E-state index is 12.8.